The molecule has 0 amide bonds. The predicted octanol–water partition coefficient (Wildman–Crippen LogP) is 6.77. The molecule has 1 unspecified atom stereocenters. The highest BCUT2D eigenvalue weighted by atomic mass is 16.5. The fourth-order valence-electron chi connectivity index (χ4n) is 4.37. The molecule has 2 nitrogen and oxygen atoms in total. The summed E-state index contributed by atoms with van der Waals surface area (Å²) in [6.07, 6.45) is 7.76. The summed E-state index contributed by atoms with van der Waals surface area (Å²) >= 11 is 0. The molecule has 0 spiro atoms. The van der Waals surface area contributed by atoms with E-state index in [9.17, 15) is 4.79 Å². The Hall–Kier alpha value is -1.93. The van der Waals surface area contributed by atoms with Crippen molar-refractivity contribution in [1.82, 2.24) is 0 Å². The van der Waals surface area contributed by atoms with Crippen LogP contribution in [-0.2, 0) is 9.53 Å². The van der Waals surface area contributed by atoms with Crippen molar-refractivity contribution in [3.8, 4) is 11.1 Å². The molecule has 0 aromatic heterocycles. The molecule has 0 saturated heterocycles. The summed E-state index contributed by atoms with van der Waals surface area (Å²) in [6.45, 7) is 6.07. The van der Waals surface area contributed by atoms with Crippen LogP contribution in [0, 0.1) is 5.92 Å². The van der Waals surface area contributed by atoms with Gasteiger partial charge in [0.15, 0.2) is 0 Å². The van der Waals surface area contributed by atoms with E-state index < -0.39 is 0 Å². The molecule has 150 valence electrons. The largest absolute Gasteiger partial charge is 0.382 e. The summed E-state index contributed by atoms with van der Waals surface area (Å²) in [5.41, 5.74) is 4.85. The average Bonchev–Trinajstić information content (AvgIpc) is 3.05. The Kier molecular flexibility index (Phi) is 7.85. The number of ketones is 1. The second-order valence-electron chi connectivity index (χ2n) is 8.12. The average molecular weight is 379 g/mol. The van der Waals surface area contributed by atoms with Gasteiger partial charge in [0.1, 0.15) is 5.78 Å². The van der Waals surface area contributed by atoms with Crippen molar-refractivity contribution < 1.29 is 9.53 Å². The number of benzene rings is 2. The summed E-state index contributed by atoms with van der Waals surface area (Å²) in [6, 6.07) is 16.8. The Morgan fingerprint density at radius 2 is 1.50 bits per heavy atom. The van der Waals surface area contributed by atoms with E-state index >= 15 is 0 Å². The Labute approximate surface area is 170 Å². The quantitative estimate of drug-likeness (QED) is 0.381. The van der Waals surface area contributed by atoms with Crippen LogP contribution in [0.25, 0.3) is 11.1 Å². The van der Waals surface area contributed by atoms with Crippen LogP contribution >= 0.6 is 0 Å². The normalized spacial score (nSPS) is 13.9. The summed E-state index contributed by atoms with van der Waals surface area (Å²) in [5.74, 6) is 1.05. The van der Waals surface area contributed by atoms with E-state index in [2.05, 4.69) is 62.4 Å². The number of carbonyl (C=O) groups excluding carboxylic acids is 1. The predicted molar refractivity (Wildman–Crippen MR) is 117 cm³/mol. The van der Waals surface area contributed by atoms with Gasteiger partial charge in [0.2, 0.25) is 0 Å². The van der Waals surface area contributed by atoms with Crippen molar-refractivity contribution in [3.63, 3.8) is 0 Å². The number of carbonyl (C=O) groups is 1. The third-order valence-corrected chi connectivity index (χ3v) is 5.98. The molecule has 0 aliphatic heterocycles. The van der Waals surface area contributed by atoms with Gasteiger partial charge in [-0.3, -0.25) is 4.79 Å². The number of fused-ring (bicyclic) bond motifs is 3. The first-order valence-electron chi connectivity index (χ1n) is 11.0. The highest BCUT2D eigenvalue weighted by Gasteiger charge is 2.32. The highest BCUT2D eigenvalue weighted by Crippen LogP contribution is 2.45. The van der Waals surface area contributed by atoms with E-state index in [4.69, 9.17) is 4.74 Å². The third kappa shape index (κ3) is 5.11. The van der Waals surface area contributed by atoms with E-state index in [0.717, 1.165) is 38.4 Å². The number of rotatable bonds is 12. The maximum atomic E-state index is 13.0. The van der Waals surface area contributed by atoms with Crippen LogP contribution in [0.1, 0.15) is 75.8 Å². The Morgan fingerprint density at radius 3 is 2.14 bits per heavy atom. The number of ether oxygens (including phenoxy) is 1. The second-order valence-corrected chi connectivity index (χ2v) is 8.12. The van der Waals surface area contributed by atoms with Crippen molar-refractivity contribution in [3.05, 3.63) is 59.7 Å². The minimum atomic E-state index is -0.0639. The second kappa shape index (κ2) is 10.6. The number of hydrogen-bond acceptors (Lipinski definition) is 2. The molecule has 0 N–H and O–H groups in total. The van der Waals surface area contributed by atoms with Gasteiger partial charge in [0.05, 0.1) is 5.92 Å². The lowest BCUT2D eigenvalue weighted by atomic mass is 9.89. The molecule has 2 aromatic carbocycles. The van der Waals surface area contributed by atoms with E-state index in [1.54, 1.807) is 0 Å². The van der Waals surface area contributed by atoms with Gasteiger partial charge in [-0.25, -0.2) is 0 Å². The van der Waals surface area contributed by atoms with Crippen molar-refractivity contribution in [2.45, 2.75) is 64.7 Å². The first kappa shape index (κ1) is 20.8. The van der Waals surface area contributed by atoms with Gasteiger partial charge >= 0.3 is 0 Å². The minimum Gasteiger partial charge on any atom is -0.382 e. The topological polar surface area (TPSA) is 26.3 Å². The molecule has 0 fully saturated rings. The van der Waals surface area contributed by atoms with Crippen molar-refractivity contribution >= 4 is 5.78 Å². The van der Waals surface area contributed by atoms with E-state index in [1.807, 2.05) is 0 Å². The zero-order valence-electron chi connectivity index (χ0n) is 17.5. The molecule has 2 heteroatoms. The Bertz CT molecular complexity index is 719. The lowest BCUT2D eigenvalue weighted by Gasteiger charge is -2.13. The fourth-order valence-corrected chi connectivity index (χ4v) is 4.37. The van der Waals surface area contributed by atoms with Crippen molar-refractivity contribution in [2.24, 2.45) is 5.92 Å². The summed E-state index contributed by atoms with van der Waals surface area (Å²) in [5, 5.41) is 0. The molecular weight excluding hydrogens is 344 g/mol. The standard InChI is InChI=1S/C26H34O2/c1-3-28-19-18-20(2)12-6-4-5-7-17-25(27)26-23-15-10-8-13-21(23)22-14-9-11-16-24(22)26/h8-11,13-16,20,26H,3-7,12,17-19H2,1-2H3. The zero-order chi connectivity index (χ0) is 19.8. The molecule has 28 heavy (non-hydrogen) atoms. The molecule has 0 bridgehead atoms. The van der Waals surface area contributed by atoms with Crippen LogP contribution in [0.5, 0.6) is 0 Å². The van der Waals surface area contributed by atoms with Gasteiger partial charge in [-0.1, -0.05) is 81.1 Å². The highest BCUT2D eigenvalue weighted by molar-refractivity contribution is 5.97. The van der Waals surface area contributed by atoms with Gasteiger partial charge in [0.25, 0.3) is 0 Å². The zero-order valence-corrected chi connectivity index (χ0v) is 17.5. The number of Topliss-reactive ketones (excluding diaryl/α,β-unsaturated/α-hetero) is 1. The molecule has 0 saturated carbocycles. The maximum absolute atomic E-state index is 13.0. The van der Waals surface area contributed by atoms with Crippen molar-refractivity contribution in [2.75, 3.05) is 13.2 Å². The summed E-state index contributed by atoms with van der Waals surface area (Å²) in [7, 11) is 0. The van der Waals surface area contributed by atoms with Crippen LogP contribution in [0.2, 0.25) is 0 Å². The SMILES string of the molecule is CCOCCC(C)CCCCCCC(=O)C1c2ccccc2-c2ccccc21. The van der Waals surface area contributed by atoms with Crippen LogP contribution in [0.15, 0.2) is 48.5 Å². The fraction of sp³-hybridized carbons (Fsp3) is 0.500. The Morgan fingerprint density at radius 1 is 0.893 bits per heavy atom. The molecule has 1 aliphatic rings. The van der Waals surface area contributed by atoms with Gasteiger partial charge in [-0.2, -0.15) is 0 Å². The van der Waals surface area contributed by atoms with Gasteiger partial charge in [0, 0.05) is 19.6 Å². The van der Waals surface area contributed by atoms with Crippen molar-refractivity contribution in [1.29, 1.82) is 0 Å². The monoisotopic (exact) mass is 378 g/mol. The smallest absolute Gasteiger partial charge is 0.144 e. The molecular formula is C26H34O2. The van der Waals surface area contributed by atoms with E-state index in [0.29, 0.717) is 12.2 Å². The number of unbranched alkanes of at least 4 members (excludes halogenated alkanes) is 3. The molecule has 2 aromatic rings. The molecule has 3 rings (SSSR count). The lowest BCUT2D eigenvalue weighted by molar-refractivity contribution is -0.119. The van der Waals surface area contributed by atoms with Crippen LogP contribution in [0.3, 0.4) is 0 Å². The number of hydrogen-bond donors (Lipinski definition) is 0. The first-order valence-corrected chi connectivity index (χ1v) is 11.0. The van der Waals surface area contributed by atoms with E-state index in [-0.39, 0.29) is 5.92 Å². The third-order valence-electron chi connectivity index (χ3n) is 5.98. The van der Waals surface area contributed by atoms with Crippen LogP contribution in [-0.4, -0.2) is 19.0 Å². The minimum absolute atomic E-state index is 0.0639. The van der Waals surface area contributed by atoms with E-state index in [1.165, 1.54) is 41.5 Å². The summed E-state index contributed by atoms with van der Waals surface area (Å²) in [4.78, 5) is 13.0. The molecule has 0 heterocycles. The molecule has 1 atom stereocenters. The summed E-state index contributed by atoms with van der Waals surface area (Å²) < 4.78 is 5.44. The van der Waals surface area contributed by atoms with Gasteiger partial charge < -0.3 is 4.74 Å². The van der Waals surface area contributed by atoms with Gasteiger partial charge in [-0.15, -0.1) is 0 Å². The van der Waals surface area contributed by atoms with Gasteiger partial charge in [-0.05, 0) is 47.9 Å². The maximum Gasteiger partial charge on any atom is 0.144 e. The lowest BCUT2D eigenvalue weighted by Crippen LogP contribution is -2.11. The Balaban J connectivity index is 1.44. The molecule has 0 radical (unpaired) electrons. The van der Waals surface area contributed by atoms with Crippen LogP contribution < -0.4 is 0 Å². The first-order chi connectivity index (χ1) is 13.7. The van der Waals surface area contributed by atoms with Crippen LogP contribution in [0.4, 0.5) is 0 Å². The molecule has 1 aliphatic carbocycles.